The molecule has 0 atom stereocenters. The number of H-pyrrole nitrogens is 1. The van der Waals surface area contributed by atoms with Crippen molar-refractivity contribution in [3.8, 4) is 0 Å². The minimum atomic E-state index is -3.68. The molecule has 10 heavy (non-hydrogen) atoms. The van der Waals surface area contributed by atoms with E-state index in [2.05, 4.69) is 4.98 Å². The molecule has 0 fully saturated rings. The second-order valence-electron chi connectivity index (χ2n) is 1.64. The van der Waals surface area contributed by atoms with Gasteiger partial charge >= 0.3 is 0 Å². The normalized spacial score (nSPS) is 11.7. The highest BCUT2D eigenvalue weighted by Crippen LogP contribution is 2.03. The summed E-state index contributed by atoms with van der Waals surface area (Å²) in [5, 5.41) is 8.11. The number of hydrogen-bond donors (Lipinski definition) is 3. The molecule has 0 aromatic carbocycles. The van der Waals surface area contributed by atoms with Gasteiger partial charge in [0.25, 0.3) is 10.0 Å². The van der Waals surface area contributed by atoms with Crippen LogP contribution in [-0.4, -0.2) is 18.6 Å². The Morgan fingerprint density at radius 3 is 2.70 bits per heavy atom. The fraction of sp³-hybridized carbons (Fsp3) is 0. The number of nitrogens with one attached hydrogen (secondary N) is 2. The van der Waals surface area contributed by atoms with Gasteiger partial charge in [-0.05, 0) is 6.07 Å². The molecular formula is C4H6N2O3S. The molecule has 0 radical (unpaired) electrons. The van der Waals surface area contributed by atoms with E-state index in [1.165, 1.54) is 23.3 Å². The average molecular weight is 162 g/mol. The van der Waals surface area contributed by atoms with Crippen LogP contribution in [0.15, 0.2) is 23.4 Å². The number of rotatable bonds is 2. The third-order valence-electron chi connectivity index (χ3n) is 1.000. The van der Waals surface area contributed by atoms with Crippen LogP contribution in [0.5, 0.6) is 0 Å². The predicted octanol–water partition coefficient (Wildman–Crippen LogP) is -0.318. The van der Waals surface area contributed by atoms with Crippen molar-refractivity contribution in [1.82, 2.24) is 9.87 Å². The summed E-state index contributed by atoms with van der Waals surface area (Å²) in [6.07, 6.45) is 2.71. The molecule has 0 amide bonds. The summed E-state index contributed by atoms with van der Waals surface area (Å²) in [5.41, 5.74) is 0. The molecule has 0 aliphatic rings. The van der Waals surface area contributed by atoms with Gasteiger partial charge in [-0.3, -0.25) is 0 Å². The Bertz CT molecular complexity index is 288. The first-order valence-corrected chi connectivity index (χ1v) is 3.94. The van der Waals surface area contributed by atoms with Crippen LogP contribution >= 0.6 is 0 Å². The van der Waals surface area contributed by atoms with E-state index in [1.54, 1.807) is 0 Å². The van der Waals surface area contributed by atoms with Gasteiger partial charge in [0, 0.05) is 12.4 Å². The molecule has 0 aliphatic carbocycles. The van der Waals surface area contributed by atoms with Gasteiger partial charge in [-0.15, -0.1) is 0 Å². The van der Waals surface area contributed by atoms with Crippen LogP contribution in [0.2, 0.25) is 0 Å². The summed E-state index contributed by atoms with van der Waals surface area (Å²) in [4.78, 5) is 3.75. The van der Waals surface area contributed by atoms with Crippen molar-refractivity contribution in [2.75, 3.05) is 0 Å². The molecule has 1 aromatic rings. The Kier molecular flexibility index (Phi) is 1.75. The molecule has 0 bridgehead atoms. The molecule has 56 valence electrons. The Hall–Kier alpha value is -0.850. The van der Waals surface area contributed by atoms with E-state index in [-0.39, 0.29) is 4.90 Å². The fourth-order valence-electron chi connectivity index (χ4n) is 0.528. The third-order valence-corrected chi connectivity index (χ3v) is 2.11. The largest absolute Gasteiger partial charge is 0.366 e. The predicted molar refractivity (Wildman–Crippen MR) is 32.9 cm³/mol. The van der Waals surface area contributed by atoms with Gasteiger partial charge in [-0.25, -0.2) is 8.42 Å². The van der Waals surface area contributed by atoms with Crippen LogP contribution in [0, 0.1) is 0 Å². The van der Waals surface area contributed by atoms with Gasteiger partial charge < -0.3 is 10.2 Å². The Morgan fingerprint density at radius 2 is 2.30 bits per heavy atom. The zero-order valence-corrected chi connectivity index (χ0v) is 5.72. The van der Waals surface area contributed by atoms with E-state index in [4.69, 9.17) is 5.21 Å². The van der Waals surface area contributed by atoms with Gasteiger partial charge in [0.15, 0.2) is 0 Å². The monoisotopic (exact) mass is 162 g/mol. The van der Waals surface area contributed by atoms with Gasteiger partial charge in [0.05, 0.1) is 0 Å². The van der Waals surface area contributed by atoms with E-state index in [9.17, 15) is 8.42 Å². The molecular weight excluding hydrogens is 156 g/mol. The highest BCUT2D eigenvalue weighted by molar-refractivity contribution is 7.89. The Morgan fingerprint density at radius 1 is 1.60 bits per heavy atom. The zero-order chi connectivity index (χ0) is 7.61. The van der Waals surface area contributed by atoms with E-state index in [0.29, 0.717) is 0 Å². The smallest absolute Gasteiger partial charge is 0.263 e. The molecule has 1 aromatic heterocycles. The highest BCUT2D eigenvalue weighted by atomic mass is 32.2. The van der Waals surface area contributed by atoms with Crippen LogP contribution in [0.1, 0.15) is 0 Å². The molecule has 6 heteroatoms. The van der Waals surface area contributed by atoms with Crippen LogP contribution < -0.4 is 4.89 Å². The lowest BCUT2D eigenvalue weighted by Crippen LogP contribution is -2.18. The number of sulfonamides is 1. The lowest BCUT2D eigenvalue weighted by atomic mass is 10.7. The van der Waals surface area contributed by atoms with Crippen molar-refractivity contribution in [1.29, 1.82) is 0 Å². The maximum absolute atomic E-state index is 10.7. The second-order valence-corrected chi connectivity index (χ2v) is 3.30. The molecule has 3 N–H and O–H groups in total. The summed E-state index contributed by atoms with van der Waals surface area (Å²) >= 11 is 0. The lowest BCUT2D eigenvalue weighted by Gasteiger charge is -1.93. The van der Waals surface area contributed by atoms with Gasteiger partial charge in [-0.1, -0.05) is 4.89 Å². The van der Waals surface area contributed by atoms with Crippen molar-refractivity contribution in [2.45, 2.75) is 4.90 Å². The summed E-state index contributed by atoms with van der Waals surface area (Å²) in [6.45, 7) is 0. The van der Waals surface area contributed by atoms with Gasteiger partial charge in [-0.2, -0.15) is 0 Å². The summed E-state index contributed by atoms with van der Waals surface area (Å²) in [7, 11) is -3.68. The summed E-state index contributed by atoms with van der Waals surface area (Å²) < 4.78 is 21.4. The summed E-state index contributed by atoms with van der Waals surface area (Å²) in [6, 6.07) is 1.33. The molecule has 0 saturated heterocycles. The SMILES string of the molecule is O=S(=O)(NO)c1cc[nH]c1. The van der Waals surface area contributed by atoms with Gasteiger partial charge in [0.2, 0.25) is 0 Å². The number of hydrogen-bond acceptors (Lipinski definition) is 3. The van der Waals surface area contributed by atoms with Crippen molar-refractivity contribution in [2.24, 2.45) is 0 Å². The molecule has 0 spiro atoms. The van der Waals surface area contributed by atoms with Crippen LogP contribution in [0.25, 0.3) is 0 Å². The maximum Gasteiger partial charge on any atom is 0.263 e. The van der Waals surface area contributed by atoms with E-state index in [0.717, 1.165) is 0 Å². The third kappa shape index (κ3) is 1.18. The van der Waals surface area contributed by atoms with E-state index < -0.39 is 10.0 Å². The standard InChI is InChI=1S/C4H6N2O3S/c7-6-10(8,9)4-1-2-5-3-4/h1-3,5-7H. The topological polar surface area (TPSA) is 82.2 Å². The van der Waals surface area contributed by atoms with Crippen molar-refractivity contribution >= 4 is 10.0 Å². The Labute approximate surface area is 57.7 Å². The average Bonchev–Trinajstić information content (AvgIpc) is 2.38. The van der Waals surface area contributed by atoms with E-state index in [1.807, 2.05) is 0 Å². The van der Waals surface area contributed by atoms with Crippen LogP contribution in [0.3, 0.4) is 0 Å². The highest BCUT2D eigenvalue weighted by Gasteiger charge is 2.11. The summed E-state index contributed by atoms with van der Waals surface area (Å²) in [5.74, 6) is 0. The van der Waals surface area contributed by atoms with Gasteiger partial charge in [0.1, 0.15) is 4.90 Å². The fourth-order valence-corrected chi connectivity index (χ4v) is 1.10. The van der Waals surface area contributed by atoms with E-state index >= 15 is 0 Å². The lowest BCUT2D eigenvalue weighted by molar-refractivity contribution is 0.242. The number of aromatic amines is 1. The van der Waals surface area contributed by atoms with Crippen molar-refractivity contribution in [3.05, 3.63) is 18.5 Å². The van der Waals surface area contributed by atoms with Crippen molar-refractivity contribution < 1.29 is 13.6 Å². The Balaban J connectivity index is 3.09. The first-order valence-electron chi connectivity index (χ1n) is 2.45. The first kappa shape index (κ1) is 7.26. The molecule has 0 saturated carbocycles. The first-order chi connectivity index (χ1) is 4.67. The second kappa shape index (κ2) is 2.41. The molecule has 0 unspecified atom stereocenters. The minimum Gasteiger partial charge on any atom is -0.366 e. The van der Waals surface area contributed by atoms with Crippen LogP contribution in [-0.2, 0) is 10.0 Å². The quantitative estimate of drug-likeness (QED) is 0.521. The maximum atomic E-state index is 10.7. The molecule has 1 rings (SSSR count). The zero-order valence-electron chi connectivity index (χ0n) is 4.90. The minimum absolute atomic E-state index is 0.00926. The molecule has 1 heterocycles. The van der Waals surface area contributed by atoms with Crippen molar-refractivity contribution in [3.63, 3.8) is 0 Å². The number of aromatic nitrogens is 1. The van der Waals surface area contributed by atoms with Crippen LogP contribution in [0.4, 0.5) is 0 Å². The molecule has 5 nitrogen and oxygen atoms in total. The molecule has 0 aliphatic heterocycles.